The lowest BCUT2D eigenvalue weighted by Gasteiger charge is -2.19. The molecule has 2 amide bonds. The maximum absolute atomic E-state index is 12.9. The highest BCUT2D eigenvalue weighted by Gasteiger charge is 2.32. The van der Waals surface area contributed by atoms with Crippen molar-refractivity contribution >= 4 is 17.5 Å². The third-order valence-electron chi connectivity index (χ3n) is 2.55. The number of nitrogens with one attached hydrogen (secondary N) is 2. The van der Waals surface area contributed by atoms with E-state index < -0.39 is 29.1 Å². The van der Waals surface area contributed by atoms with Crippen LogP contribution in [0.1, 0.15) is 36.7 Å². The molecular weight excluding hydrogens is 299 g/mol. The molecule has 122 valence electrons. The number of halogens is 3. The van der Waals surface area contributed by atoms with E-state index in [0.717, 1.165) is 19.1 Å². The van der Waals surface area contributed by atoms with Crippen molar-refractivity contribution in [1.29, 1.82) is 0 Å². The molecule has 0 atom stereocenters. The third-order valence-corrected chi connectivity index (χ3v) is 2.55. The van der Waals surface area contributed by atoms with E-state index in [0.29, 0.717) is 0 Å². The lowest BCUT2D eigenvalue weighted by molar-refractivity contribution is -0.137. The van der Waals surface area contributed by atoms with Crippen molar-refractivity contribution in [3.05, 3.63) is 29.3 Å². The van der Waals surface area contributed by atoms with Crippen molar-refractivity contribution in [2.24, 2.45) is 5.73 Å². The summed E-state index contributed by atoms with van der Waals surface area (Å²) < 4.78 is 38.6. The summed E-state index contributed by atoms with van der Waals surface area (Å²) in [5.74, 6) is -1.23. The minimum atomic E-state index is -4.63. The van der Waals surface area contributed by atoms with Crippen LogP contribution in [0.2, 0.25) is 0 Å². The molecule has 0 aliphatic heterocycles. The van der Waals surface area contributed by atoms with Crippen molar-refractivity contribution in [3.8, 4) is 0 Å². The van der Waals surface area contributed by atoms with Crippen LogP contribution in [-0.4, -0.2) is 23.9 Å². The van der Waals surface area contributed by atoms with Gasteiger partial charge >= 0.3 is 6.18 Å². The molecule has 0 unspecified atom stereocenters. The fourth-order valence-corrected chi connectivity index (χ4v) is 1.61. The minimum Gasteiger partial charge on any atom is -0.350 e. The van der Waals surface area contributed by atoms with Gasteiger partial charge < -0.3 is 16.4 Å². The van der Waals surface area contributed by atoms with Crippen molar-refractivity contribution in [1.82, 2.24) is 5.32 Å². The molecule has 0 fully saturated rings. The summed E-state index contributed by atoms with van der Waals surface area (Å²) in [5, 5.41) is 4.70. The van der Waals surface area contributed by atoms with Gasteiger partial charge in [-0.25, -0.2) is 0 Å². The highest BCUT2D eigenvalue weighted by molar-refractivity contribution is 5.97. The van der Waals surface area contributed by atoms with Crippen molar-refractivity contribution in [3.63, 3.8) is 0 Å². The Hall–Kier alpha value is -2.09. The van der Waals surface area contributed by atoms with Crippen LogP contribution in [0.3, 0.4) is 0 Å². The number of benzene rings is 1. The van der Waals surface area contributed by atoms with Gasteiger partial charge in [-0.3, -0.25) is 9.59 Å². The van der Waals surface area contributed by atoms with E-state index in [1.165, 1.54) is 6.07 Å². The van der Waals surface area contributed by atoms with Crippen LogP contribution >= 0.6 is 0 Å². The Balaban J connectivity index is 3.12. The van der Waals surface area contributed by atoms with E-state index >= 15 is 0 Å². The molecule has 0 saturated carbocycles. The second-order valence-electron chi connectivity index (χ2n) is 5.65. The fourth-order valence-electron chi connectivity index (χ4n) is 1.61. The first-order chi connectivity index (χ1) is 9.88. The van der Waals surface area contributed by atoms with Crippen LogP contribution in [0.15, 0.2) is 18.2 Å². The normalized spacial score (nSPS) is 12.0. The molecule has 1 aromatic rings. The highest BCUT2D eigenvalue weighted by atomic mass is 19.4. The molecule has 0 aromatic heterocycles. The Bertz CT molecular complexity index is 578. The molecule has 0 radical (unpaired) electrons. The van der Waals surface area contributed by atoms with Gasteiger partial charge in [0.25, 0.3) is 5.91 Å². The first-order valence-corrected chi connectivity index (χ1v) is 6.45. The van der Waals surface area contributed by atoms with Crippen LogP contribution in [0.25, 0.3) is 0 Å². The summed E-state index contributed by atoms with van der Waals surface area (Å²) in [6.45, 7) is 4.60. The zero-order chi connectivity index (χ0) is 17.1. The lowest BCUT2D eigenvalue weighted by Crippen LogP contribution is -2.45. The monoisotopic (exact) mass is 317 g/mol. The first-order valence-electron chi connectivity index (χ1n) is 6.45. The summed E-state index contributed by atoms with van der Waals surface area (Å²) in [4.78, 5) is 23.0. The predicted molar refractivity (Wildman–Crippen MR) is 76.3 cm³/mol. The second kappa shape index (κ2) is 6.35. The van der Waals surface area contributed by atoms with Gasteiger partial charge in [-0.1, -0.05) is 0 Å². The summed E-state index contributed by atoms with van der Waals surface area (Å²) >= 11 is 0. The van der Waals surface area contributed by atoms with E-state index in [9.17, 15) is 22.8 Å². The molecule has 0 aliphatic carbocycles. The number of nitrogens with two attached hydrogens (primary N) is 1. The van der Waals surface area contributed by atoms with Gasteiger partial charge in [0, 0.05) is 30.3 Å². The van der Waals surface area contributed by atoms with E-state index in [1.54, 1.807) is 13.8 Å². The standard InChI is InChI=1S/C14H18F3N3O2/c1-8(21)20-11-5-9(4-10(6-11)14(15,16)17)12(22)19-7-13(2,3)18/h4-6H,7,18H2,1-3H3,(H,19,22)(H,20,21). The van der Waals surface area contributed by atoms with Gasteiger partial charge in [0.15, 0.2) is 0 Å². The summed E-state index contributed by atoms with van der Waals surface area (Å²) in [5.41, 5.74) is 3.69. The van der Waals surface area contributed by atoms with E-state index in [1.807, 2.05) is 0 Å². The summed E-state index contributed by atoms with van der Waals surface area (Å²) in [7, 11) is 0. The molecule has 0 heterocycles. The number of amides is 2. The van der Waals surface area contributed by atoms with Crippen molar-refractivity contribution < 1.29 is 22.8 Å². The largest absolute Gasteiger partial charge is 0.416 e. The molecule has 5 nitrogen and oxygen atoms in total. The molecular formula is C14H18F3N3O2. The number of hydrogen-bond acceptors (Lipinski definition) is 3. The van der Waals surface area contributed by atoms with Crippen LogP contribution in [0.4, 0.5) is 18.9 Å². The minimum absolute atomic E-state index is 0.0948. The number of carbonyl (C=O) groups excluding carboxylic acids is 2. The molecule has 0 bridgehead atoms. The zero-order valence-corrected chi connectivity index (χ0v) is 12.5. The highest BCUT2D eigenvalue weighted by Crippen LogP contribution is 2.32. The van der Waals surface area contributed by atoms with Crippen LogP contribution in [-0.2, 0) is 11.0 Å². The molecule has 0 saturated heterocycles. The number of anilines is 1. The van der Waals surface area contributed by atoms with Crippen LogP contribution < -0.4 is 16.4 Å². The maximum atomic E-state index is 12.9. The van der Waals surface area contributed by atoms with Gasteiger partial charge in [-0.05, 0) is 32.0 Å². The number of carbonyl (C=O) groups is 2. The molecule has 0 aliphatic rings. The SMILES string of the molecule is CC(=O)Nc1cc(C(=O)NCC(C)(C)N)cc(C(F)(F)F)c1. The second-order valence-corrected chi connectivity index (χ2v) is 5.65. The lowest BCUT2D eigenvalue weighted by atomic mass is 10.1. The number of rotatable bonds is 4. The Kier molecular flexibility index (Phi) is 5.18. The van der Waals surface area contributed by atoms with Gasteiger partial charge in [0.05, 0.1) is 5.56 Å². The Labute approximate surface area is 126 Å². The smallest absolute Gasteiger partial charge is 0.350 e. The van der Waals surface area contributed by atoms with Crippen LogP contribution in [0, 0.1) is 0 Å². The first kappa shape index (κ1) is 18.0. The predicted octanol–water partition coefficient (Wildman–Crippen LogP) is 2.13. The van der Waals surface area contributed by atoms with Crippen molar-refractivity contribution in [2.45, 2.75) is 32.5 Å². The molecule has 1 rings (SSSR count). The topological polar surface area (TPSA) is 84.2 Å². The summed E-state index contributed by atoms with van der Waals surface area (Å²) in [6.07, 6.45) is -4.63. The average molecular weight is 317 g/mol. The fraction of sp³-hybridized carbons (Fsp3) is 0.429. The van der Waals surface area contributed by atoms with E-state index in [-0.39, 0.29) is 17.8 Å². The Morgan fingerprint density at radius 3 is 2.23 bits per heavy atom. The maximum Gasteiger partial charge on any atom is 0.416 e. The molecule has 22 heavy (non-hydrogen) atoms. The number of hydrogen-bond donors (Lipinski definition) is 3. The van der Waals surface area contributed by atoms with Crippen molar-refractivity contribution in [2.75, 3.05) is 11.9 Å². The van der Waals surface area contributed by atoms with Crippen LogP contribution in [0.5, 0.6) is 0 Å². The van der Waals surface area contributed by atoms with Gasteiger partial charge in [-0.2, -0.15) is 13.2 Å². The quantitative estimate of drug-likeness (QED) is 0.795. The van der Waals surface area contributed by atoms with Gasteiger partial charge in [0.2, 0.25) is 5.91 Å². The van der Waals surface area contributed by atoms with Gasteiger partial charge in [-0.15, -0.1) is 0 Å². The molecule has 0 spiro atoms. The molecule has 8 heteroatoms. The molecule has 1 aromatic carbocycles. The third kappa shape index (κ3) is 5.72. The van der Waals surface area contributed by atoms with E-state index in [2.05, 4.69) is 10.6 Å². The number of alkyl halides is 3. The molecule has 4 N–H and O–H groups in total. The zero-order valence-electron chi connectivity index (χ0n) is 12.5. The Morgan fingerprint density at radius 1 is 1.18 bits per heavy atom. The Morgan fingerprint density at radius 2 is 1.77 bits per heavy atom. The summed E-state index contributed by atoms with van der Waals surface area (Å²) in [6, 6.07) is 2.67. The average Bonchev–Trinajstić information content (AvgIpc) is 2.32. The van der Waals surface area contributed by atoms with E-state index in [4.69, 9.17) is 5.73 Å². The van der Waals surface area contributed by atoms with Gasteiger partial charge in [0.1, 0.15) is 0 Å².